The molecule has 4 nitrogen and oxygen atoms in total. The van der Waals surface area contributed by atoms with E-state index in [1.807, 2.05) is 29.7 Å². The SMILES string of the molecule is Cc1ccc(-c2nc3ccc(C)cn3c2CC(=O)N(C)C)cc1.Cl. The number of aromatic nitrogens is 2. The highest BCUT2D eigenvalue weighted by molar-refractivity contribution is 5.85. The van der Waals surface area contributed by atoms with Crippen molar-refractivity contribution < 1.29 is 4.79 Å². The molecule has 0 aliphatic carbocycles. The van der Waals surface area contributed by atoms with Crippen LogP contribution in [0.15, 0.2) is 42.6 Å². The zero-order valence-corrected chi connectivity index (χ0v) is 15.2. The molecule has 0 atom stereocenters. The molecule has 3 rings (SSSR count). The summed E-state index contributed by atoms with van der Waals surface area (Å²) in [7, 11) is 3.56. The van der Waals surface area contributed by atoms with Gasteiger partial charge in [-0.3, -0.25) is 4.79 Å². The number of imidazole rings is 1. The molecule has 0 aliphatic heterocycles. The predicted octanol–water partition coefficient (Wildman–Crippen LogP) is 3.67. The van der Waals surface area contributed by atoms with Gasteiger partial charge in [0.05, 0.1) is 17.8 Å². The first-order valence-electron chi connectivity index (χ1n) is 7.70. The highest BCUT2D eigenvalue weighted by Gasteiger charge is 2.18. The molecule has 1 amide bonds. The minimum Gasteiger partial charge on any atom is -0.348 e. The maximum absolute atomic E-state index is 12.3. The van der Waals surface area contributed by atoms with Crippen molar-refractivity contribution in [2.24, 2.45) is 0 Å². The molecule has 24 heavy (non-hydrogen) atoms. The lowest BCUT2D eigenvalue weighted by atomic mass is 10.1. The van der Waals surface area contributed by atoms with Crippen molar-refractivity contribution in [2.45, 2.75) is 20.3 Å². The summed E-state index contributed by atoms with van der Waals surface area (Å²) >= 11 is 0. The normalized spacial score (nSPS) is 10.5. The number of benzene rings is 1. The average molecular weight is 344 g/mol. The number of carbonyl (C=O) groups is 1. The van der Waals surface area contributed by atoms with Crippen LogP contribution in [0.5, 0.6) is 0 Å². The van der Waals surface area contributed by atoms with Crippen LogP contribution in [-0.2, 0) is 11.2 Å². The molecule has 2 heterocycles. The number of rotatable bonds is 3. The van der Waals surface area contributed by atoms with Gasteiger partial charge in [-0.1, -0.05) is 35.9 Å². The molecule has 0 unspecified atom stereocenters. The number of likely N-dealkylation sites (N-methyl/N-ethyl adjacent to an activating group) is 1. The van der Waals surface area contributed by atoms with Crippen LogP contribution in [0.1, 0.15) is 16.8 Å². The van der Waals surface area contributed by atoms with Crippen LogP contribution in [0.4, 0.5) is 0 Å². The van der Waals surface area contributed by atoms with Crippen molar-refractivity contribution >= 4 is 24.0 Å². The number of hydrogen-bond donors (Lipinski definition) is 0. The van der Waals surface area contributed by atoms with Crippen molar-refractivity contribution in [1.82, 2.24) is 14.3 Å². The largest absolute Gasteiger partial charge is 0.348 e. The Hall–Kier alpha value is -2.33. The number of nitrogens with zero attached hydrogens (tertiary/aromatic N) is 3. The predicted molar refractivity (Wildman–Crippen MR) is 99.7 cm³/mol. The number of amides is 1. The molecule has 0 saturated carbocycles. The fourth-order valence-corrected chi connectivity index (χ4v) is 2.61. The second-order valence-corrected chi connectivity index (χ2v) is 6.17. The van der Waals surface area contributed by atoms with Crippen molar-refractivity contribution in [3.63, 3.8) is 0 Å². The van der Waals surface area contributed by atoms with Gasteiger partial charge in [-0.2, -0.15) is 0 Å². The molecular weight excluding hydrogens is 322 g/mol. The standard InChI is InChI=1S/C19H21N3O.ClH/c1-13-5-8-15(9-6-13)19-16(11-18(23)21(3)4)22-12-14(2)7-10-17(22)20-19;/h5-10,12H,11H2,1-4H3;1H. The van der Waals surface area contributed by atoms with Gasteiger partial charge in [0.15, 0.2) is 0 Å². The van der Waals surface area contributed by atoms with Crippen LogP contribution in [0.3, 0.4) is 0 Å². The third kappa shape index (κ3) is 3.44. The van der Waals surface area contributed by atoms with Gasteiger partial charge in [-0.15, -0.1) is 12.4 Å². The van der Waals surface area contributed by atoms with E-state index in [0.29, 0.717) is 6.42 Å². The van der Waals surface area contributed by atoms with Crippen molar-refractivity contribution in [1.29, 1.82) is 0 Å². The van der Waals surface area contributed by atoms with Gasteiger partial charge in [-0.25, -0.2) is 4.98 Å². The van der Waals surface area contributed by atoms with E-state index in [2.05, 4.69) is 31.2 Å². The minimum absolute atomic E-state index is 0. The van der Waals surface area contributed by atoms with Gasteiger partial charge >= 0.3 is 0 Å². The lowest BCUT2D eigenvalue weighted by Crippen LogP contribution is -2.24. The van der Waals surface area contributed by atoms with E-state index < -0.39 is 0 Å². The topological polar surface area (TPSA) is 37.6 Å². The van der Waals surface area contributed by atoms with E-state index in [1.165, 1.54) is 5.56 Å². The summed E-state index contributed by atoms with van der Waals surface area (Å²) in [6, 6.07) is 12.3. The van der Waals surface area contributed by atoms with E-state index in [1.54, 1.807) is 19.0 Å². The van der Waals surface area contributed by atoms with Crippen LogP contribution in [0.25, 0.3) is 16.9 Å². The molecule has 0 saturated heterocycles. The first-order chi connectivity index (χ1) is 11.0. The quantitative estimate of drug-likeness (QED) is 0.727. The van der Waals surface area contributed by atoms with E-state index in [4.69, 9.17) is 4.98 Å². The summed E-state index contributed by atoms with van der Waals surface area (Å²) in [6.45, 7) is 4.11. The Balaban J connectivity index is 0.00000208. The molecular formula is C19H22ClN3O. The third-order valence-electron chi connectivity index (χ3n) is 4.01. The summed E-state index contributed by atoms with van der Waals surface area (Å²) in [6.07, 6.45) is 2.37. The lowest BCUT2D eigenvalue weighted by molar-refractivity contribution is -0.128. The molecule has 2 aromatic heterocycles. The van der Waals surface area contributed by atoms with Crippen LogP contribution in [0, 0.1) is 13.8 Å². The highest BCUT2D eigenvalue weighted by Crippen LogP contribution is 2.26. The fourth-order valence-electron chi connectivity index (χ4n) is 2.61. The Kier molecular flexibility index (Phi) is 5.30. The first kappa shape index (κ1) is 18.0. The van der Waals surface area contributed by atoms with Crippen LogP contribution < -0.4 is 0 Å². The van der Waals surface area contributed by atoms with Gasteiger partial charge in [0.1, 0.15) is 5.65 Å². The molecule has 5 heteroatoms. The van der Waals surface area contributed by atoms with E-state index >= 15 is 0 Å². The van der Waals surface area contributed by atoms with Gasteiger partial charge in [0.2, 0.25) is 5.91 Å². The Morgan fingerprint density at radius 1 is 1.04 bits per heavy atom. The van der Waals surface area contributed by atoms with Gasteiger partial charge in [0, 0.05) is 25.9 Å². The number of aryl methyl sites for hydroxylation is 2. The molecule has 1 aromatic carbocycles. The maximum atomic E-state index is 12.3. The average Bonchev–Trinajstić information content (AvgIpc) is 2.86. The smallest absolute Gasteiger partial charge is 0.228 e. The van der Waals surface area contributed by atoms with E-state index in [0.717, 1.165) is 28.2 Å². The second-order valence-electron chi connectivity index (χ2n) is 6.17. The Morgan fingerprint density at radius 2 is 1.67 bits per heavy atom. The third-order valence-corrected chi connectivity index (χ3v) is 4.01. The Morgan fingerprint density at radius 3 is 2.29 bits per heavy atom. The second kappa shape index (κ2) is 7.05. The van der Waals surface area contributed by atoms with Crippen LogP contribution in [-0.4, -0.2) is 34.3 Å². The van der Waals surface area contributed by atoms with Crippen molar-refractivity contribution in [3.8, 4) is 11.3 Å². The minimum atomic E-state index is 0. The molecule has 0 bridgehead atoms. The lowest BCUT2D eigenvalue weighted by Gasteiger charge is -2.11. The van der Waals surface area contributed by atoms with E-state index in [-0.39, 0.29) is 18.3 Å². The maximum Gasteiger partial charge on any atom is 0.228 e. The molecule has 0 spiro atoms. The van der Waals surface area contributed by atoms with Crippen LogP contribution in [0.2, 0.25) is 0 Å². The van der Waals surface area contributed by atoms with Crippen molar-refractivity contribution in [3.05, 3.63) is 59.4 Å². The summed E-state index contributed by atoms with van der Waals surface area (Å²) in [5.74, 6) is 0.0710. The first-order valence-corrected chi connectivity index (χ1v) is 7.70. The van der Waals surface area contributed by atoms with Crippen LogP contribution >= 0.6 is 12.4 Å². The molecule has 0 fully saturated rings. The monoisotopic (exact) mass is 343 g/mol. The Bertz CT molecular complexity index is 866. The van der Waals surface area contributed by atoms with Gasteiger partial charge < -0.3 is 9.30 Å². The summed E-state index contributed by atoms with van der Waals surface area (Å²) in [5, 5.41) is 0. The number of pyridine rings is 1. The zero-order valence-electron chi connectivity index (χ0n) is 14.4. The highest BCUT2D eigenvalue weighted by atomic mass is 35.5. The fraction of sp³-hybridized carbons (Fsp3) is 0.263. The molecule has 0 N–H and O–H groups in total. The number of halogens is 1. The van der Waals surface area contributed by atoms with E-state index in [9.17, 15) is 4.79 Å². The molecule has 3 aromatic rings. The van der Waals surface area contributed by atoms with Gasteiger partial charge in [-0.05, 0) is 25.5 Å². The number of carbonyl (C=O) groups excluding carboxylic acids is 1. The number of fused-ring (bicyclic) bond motifs is 1. The van der Waals surface area contributed by atoms with Gasteiger partial charge in [0.25, 0.3) is 0 Å². The molecule has 126 valence electrons. The summed E-state index contributed by atoms with van der Waals surface area (Å²) < 4.78 is 2.03. The number of hydrogen-bond acceptors (Lipinski definition) is 2. The molecule has 0 aliphatic rings. The summed E-state index contributed by atoms with van der Waals surface area (Å²) in [5.41, 5.74) is 6.08. The molecule has 0 radical (unpaired) electrons. The zero-order chi connectivity index (χ0) is 16.6. The van der Waals surface area contributed by atoms with Crippen molar-refractivity contribution in [2.75, 3.05) is 14.1 Å². The Labute approximate surface area is 148 Å². The summed E-state index contributed by atoms with van der Waals surface area (Å²) in [4.78, 5) is 18.6.